The van der Waals surface area contributed by atoms with Crippen LogP contribution in [-0.2, 0) is 24.3 Å². The van der Waals surface area contributed by atoms with Crippen molar-refractivity contribution in [2.24, 2.45) is 0 Å². The quantitative estimate of drug-likeness (QED) is 0.675. The van der Waals surface area contributed by atoms with Gasteiger partial charge in [0, 0.05) is 34.5 Å². The summed E-state index contributed by atoms with van der Waals surface area (Å²) in [6.07, 6.45) is 2.55. The summed E-state index contributed by atoms with van der Waals surface area (Å²) in [6.45, 7) is 4.26. The Labute approximate surface area is 165 Å². The molecule has 1 aliphatic rings. The van der Waals surface area contributed by atoms with Crippen LogP contribution >= 0.6 is 0 Å². The van der Waals surface area contributed by atoms with Crippen molar-refractivity contribution in [3.8, 4) is 11.1 Å². The van der Waals surface area contributed by atoms with Gasteiger partial charge in [-0.15, -0.1) is 0 Å². The van der Waals surface area contributed by atoms with Gasteiger partial charge in [-0.2, -0.15) is 5.10 Å². The average Bonchev–Trinajstić information content (AvgIpc) is 3.06. The smallest absolute Gasteiger partial charge is 0.227 e. The van der Waals surface area contributed by atoms with E-state index in [1.165, 1.54) is 18.3 Å². The summed E-state index contributed by atoms with van der Waals surface area (Å²) in [4.78, 5) is 18.4. The van der Waals surface area contributed by atoms with E-state index in [2.05, 4.69) is 10.1 Å². The zero-order valence-electron chi connectivity index (χ0n) is 16.0. The van der Waals surface area contributed by atoms with Crippen LogP contribution in [0.4, 0.5) is 13.2 Å². The van der Waals surface area contributed by atoms with Crippen LogP contribution in [0, 0.1) is 24.4 Å². The van der Waals surface area contributed by atoms with E-state index in [1.807, 2.05) is 6.92 Å². The van der Waals surface area contributed by atoms with E-state index in [-0.39, 0.29) is 30.5 Å². The lowest BCUT2D eigenvalue weighted by Crippen LogP contribution is -2.45. The Morgan fingerprint density at radius 2 is 1.93 bits per heavy atom. The number of benzene rings is 1. The zero-order valence-corrected chi connectivity index (χ0v) is 16.0. The summed E-state index contributed by atoms with van der Waals surface area (Å²) in [6, 6.07) is 4.77. The summed E-state index contributed by atoms with van der Waals surface area (Å²) in [5, 5.41) is 4.30. The molecule has 0 radical (unpaired) electrons. The third kappa shape index (κ3) is 3.62. The third-order valence-electron chi connectivity index (χ3n) is 5.19. The minimum absolute atomic E-state index is 0.0894. The van der Waals surface area contributed by atoms with Crippen molar-refractivity contribution in [1.82, 2.24) is 19.7 Å². The number of hydrogen-bond donors (Lipinski definition) is 0. The molecule has 3 heterocycles. The molecule has 1 aliphatic heterocycles. The maximum absolute atomic E-state index is 14.3. The van der Waals surface area contributed by atoms with E-state index in [1.54, 1.807) is 22.6 Å². The van der Waals surface area contributed by atoms with Crippen molar-refractivity contribution in [3.63, 3.8) is 0 Å². The van der Waals surface area contributed by atoms with E-state index < -0.39 is 17.5 Å². The maximum atomic E-state index is 14.3. The first-order chi connectivity index (χ1) is 13.8. The lowest BCUT2D eigenvalue weighted by atomic mass is 10.0. The molecule has 4 rings (SSSR count). The molecule has 150 valence electrons. The van der Waals surface area contributed by atoms with Gasteiger partial charge >= 0.3 is 0 Å². The number of amides is 1. The first kappa shape index (κ1) is 19.2. The second-order valence-electron chi connectivity index (χ2n) is 7.28. The molecule has 0 saturated heterocycles. The van der Waals surface area contributed by atoms with Gasteiger partial charge in [0.15, 0.2) is 0 Å². The molecule has 0 bridgehead atoms. The van der Waals surface area contributed by atoms with Gasteiger partial charge in [-0.1, -0.05) is 0 Å². The lowest BCUT2D eigenvalue weighted by Gasteiger charge is -2.34. The van der Waals surface area contributed by atoms with Gasteiger partial charge in [-0.05, 0) is 32.0 Å². The fraction of sp³-hybridized carbons (Fsp3) is 0.286. The number of fused-ring (bicyclic) bond motifs is 1. The standard InChI is InChI=1S/C21H19F3N4O/c1-12-5-14(19(24)9-25-12)6-21(29)27-11-20-17(8-26-28(20)10-13(27)2)16-4-3-15(22)7-18(16)23/h3-5,7-9,13H,6,10-11H2,1-2H3. The Balaban J connectivity index is 1.63. The molecule has 1 amide bonds. The topological polar surface area (TPSA) is 51.0 Å². The molecule has 2 aromatic heterocycles. The van der Waals surface area contributed by atoms with E-state index >= 15 is 0 Å². The first-order valence-corrected chi connectivity index (χ1v) is 9.24. The van der Waals surface area contributed by atoms with Crippen molar-refractivity contribution in [3.05, 3.63) is 71.1 Å². The van der Waals surface area contributed by atoms with Crippen molar-refractivity contribution in [2.75, 3.05) is 0 Å². The summed E-state index contributed by atoms with van der Waals surface area (Å²) in [5.74, 6) is -2.10. The van der Waals surface area contributed by atoms with Gasteiger partial charge in [0.1, 0.15) is 17.5 Å². The molecule has 1 atom stereocenters. The summed E-state index contributed by atoms with van der Waals surface area (Å²) in [7, 11) is 0. The molecule has 0 aliphatic carbocycles. The van der Waals surface area contributed by atoms with Gasteiger partial charge in [0.25, 0.3) is 0 Å². The largest absolute Gasteiger partial charge is 0.332 e. The average molecular weight is 400 g/mol. The van der Waals surface area contributed by atoms with E-state index in [0.29, 0.717) is 29.1 Å². The van der Waals surface area contributed by atoms with E-state index in [0.717, 1.165) is 12.3 Å². The van der Waals surface area contributed by atoms with Crippen LogP contribution in [0.1, 0.15) is 23.9 Å². The highest BCUT2D eigenvalue weighted by Crippen LogP contribution is 2.31. The van der Waals surface area contributed by atoms with Crippen LogP contribution in [0.15, 0.2) is 36.7 Å². The monoisotopic (exact) mass is 400 g/mol. The number of rotatable bonds is 3. The molecule has 1 unspecified atom stereocenters. The van der Waals surface area contributed by atoms with Crippen molar-refractivity contribution >= 4 is 5.91 Å². The Morgan fingerprint density at radius 3 is 2.69 bits per heavy atom. The highest BCUT2D eigenvalue weighted by atomic mass is 19.1. The molecule has 0 N–H and O–H groups in total. The summed E-state index contributed by atoms with van der Waals surface area (Å²) in [5.41, 5.74) is 2.32. The van der Waals surface area contributed by atoms with E-state index in [4.69, 9.17) is 0 Å². The van der Waals surface area contributed by atoms with Crippen molar-refractivity contribution < 1.29 is 18.0 Å². The Bertz CT molecular complexity index is 1100. The van der Waals surface area contributed by atoms with Crippen LogP contribution in [0.2, 0.25) is 0 Å². The number of pyridine rings is 1. The van der Waals surface area contributed by atoms with Crippen LogP contribution in [0.25, 0.3) is 11.1 Å². The molecule has 0 fully saturated rings. The molecule has 1 aromatic carbocycles. The first-order valence-electron chi connectivity index (χ1n) is 9.24. The van der Waals surface area contributed by atoms with Crippen LogP contribution in [0.3, 0.4) is 0 Å². The number of nitrogens with zero attached hydrogens (tertiary/aromatic N) is 4. The molecule has 0 saturated carbocycles. The van der Waals surface area contributed by atoms with Crippen LogP contribution < -0.4 is 0 Å². The van der Waals surface area contributed by atoms with Gasteiger partial charge in [0.05, 0.1) is 37.6 Å². The lowest BCUT2D eigenvalue weighted by molar-refractivity contribution is -0.134. The van der Waals surface area contributed by atoms with Gasteiger partial charge in [-0.3, -0.25) is 14.5 Å². The summed E-state index contributed by atoms with van der Waals surface area (Å²) < 4.78 is 43.3. The van der Waals surface area contributed by atoms with Crippen molar-refractivity contribution in [2.45, 2.75) is 39.4 Å². The normalized spacial score (nSPS) is 16.0. The second-order valence-corrected chi connectivity index (χ2v) is 7.28. The zero-order chi connectivity index (χ0) is 20.7. The molecule has 3 aromatic rings. The SMILES string of the molecule is Cc1cc(CC(=O)N2Cc3c(-c4ccc(F)cc4F)cnn3CC2C)c(F)cn1. The number of hydrogen-bond acceptors (Lipinski definition) is 3. The molecule has 8 heteroatoms. The fourth-order valence-electron chi connectivity index (χ4n) is 3.67. The van der Waals surface area contributed by atoms with Crippen LogP contribution in [-0.4, -0.2) is 31.6 Å². The highest BCUT2D eigenvalue weighted by molar-refractivity contribution is 5.79. The van der Waals surface area contributed by atoms with Gasteiger partial charge in [-0.25, -0.2) is 13.2 Å². The number of halogens is 3. The molecule has 29 heavy (non-hydrogen) atoms. The number of aromatic nitrogens is 3. The molecule has 0 spiro atoms. The number of carbonyl (C=O) groups is 1. The number of carbonyl (C=O) groups excluding carboxylic acids is 1. The molecule has 5 nitrogen and oxygen atoms in total. The van der Waals surface area contributed by atoms with Gasteiger partial charge in [0.2, 0.25) is 5.91 Å². The van der Waals surface area contributed by atoms with Gasteiger partial charge < -0.3 is 4.90 Å². The fourth-order valence-corrected chi connectivity index (χ4v) is 3.67. The second kappa shape index (κ2) is 7.35. The Kier molecular flexibility index (Phi) is 4.86. The predicted molar refractivity (Wildman–Crippen MR) is 100 cm³/mol. The third-order valence-corrected chi connectivity index (χ3v) is 5.19. The highest BCUT2D eigenvalue weighted by Gasteiger charge is 2.30. The van der Waals surface area contributed by atoms with Crippen LogP contribution in [0.5, 0.6) is 0 Å². The predicted octanol–water partition coefficient (Wildman–Crippen LogP) is 3.64. The minimum Gasteiger partial charge on any atom is -0.332 e. The maximum Gasteiger partial charge on any atom is 0.227 e. The number of aryl methyl sites for hydroxylation is 1. The Morgan fingerprint density at radius 1 is 1.14 bits per heavy atom. The Hall–Kier alpha value is -3.16. The molecular weight excluding hydrogens is 381 g/mol. The van der Waals surface area contributed by atoms with Crippen molar-refractivity contribution in [1.29, 1.82) is 0 Å². The van der Waals surface area contributed by atoms with E-state index in [9.17, 15) is 18.0 Å². The summed E-state index contributed by atoms with van der Waals surface area (Å²) >= 11 is 0. The molecular formula is C21H19F3N4O. The minimum atomic E-state index is -0.688.